The largest absolute Gasteiger partial charge is 0.380 e. The number of carbonyl (C=O) groups is 1. The zero-order valence-electron chi connectivity index (χ0n) is 15.9. The summed E-state index contributed by atoms with van der Waals surface area (Å²) in [5.74, 6) is 0.476. The fourth-order valence-corrected chi connectivity index (χ4v) is 2.75. The predicted octanol–water partition coefficient (Wildman–Crippen LogP) is 3.54. The third-order valence-electron chi connectivity index (χ3n) is 4.35. The molecule has 0 aromatic rings. The average Bonchev–Trinajstić information content (AvgIpc) is 2.47. The Morgan fingerprint density at radius 3 is 2.70 bits per heavy atom. The molecule has 0 unspecified atom stereocenters. The molecule has 1 atom stereocenters. The zero-order chi connectivity index (χ0) is 17.3. The maximum absolute atomic E-state index is 11.7. The maximum Gasteiger partial charge on any atom is 0.135 e. The average molecular weight is 328 g/mol. The van der Waals surface area contributed by atoms with E-state index in [-0.39, 0.29) is 12.0 Å². The minimum atomic E-state index is 0.135. The lowest BCUT2D eigenvalue weighted by atomic mass is 9.91. The van der Waals surface area contributed by atoms with Crippen molar-refractivity contribution in [3.63, 3.8) is 0 Å². The van der Waals surface area contributed by atoms with Crippen molar-refractivity contribution in [1.82, 2.24) is 4.90 Å². The molecule has 0 aromatic carbocycles. The highest BCUT2D eigenvalue weighted by molar-refractivity contribution is 5.80. The van der Waals surface area contributed by atoms with Crippen LogP contribution < -0.4 is 0 Å². The standard InChI is InChI=1S/C19H37NO3/c1-16(2)18(21)8-7-17-15-20(11-14-23-17)10-13-22-12-6-9-19(3,4)5/h16-17H,6-15H2,1-5H3/t17-/m0/s1. The van der Waals surface area contributed by atoms with E-state index in [4.69, 9.17) is 9.47 Å². The Labute approximate surface area is 142 Å². The highest BCUT2D eigenvalue weighted by atomic mass is 16.5. The summed E-state index contributed by atoms with van der Waals surface area (Å²) in [5, 5.41) is 0. The molecule has 1 heterocycles. The number of hydrogen-bond donors (Lipinski definition) is 0. The van der Waals surface area contributed by atoms with Gasteiger partial charge in [0.25, 0.3) is 0 Å². The lowest BCUT2D eigenvalue weighted by Crippen LogP contribution is -2.44. The van der Waals surface area contributed by atoms with Gasteiger partial charge < -0.3 is 9.47 Å². The SMILES string of the molecule is CC(C)C(=O)CC[C@H]1CN(CCOCCCC(C)(C)C)CCO1. The van der Waals surface area contributed by atoms with Crippen LogP contribution in [0.1, 0.15) is 60.3 Å². The van der Waals surface area contributed by atoms with Crippen LogP contribution in [-0.2, 0) is 14.3 Å². The number of rotatable bonds is 10. The molecule has 0 N–H and O–H groups in total. The van der Waals surface area contributed by atoms with Gasteiger partial charge in [-0.3, -0.25) is 9.69 Å². The Balaban J connectivity index is 2.10. The topological polar surface area (TPSA) is 38.8 Å². The summed E-state index contributed by atoms with van der Waals surface area (Å²) in [5.41, 5.74) is 0.397. The first-order valence-corrected chi connectivity index (χ1v) is 9.22. The summed E-state index contributed by atoms with van der Waals surface area (Å²) >= 11 is 0. The molecule has 23 heavy (non-hydrogen) atoms. The Kier molecular flexibility index (Phi) is 9.33. The zero-order valence-corrected chi connectivity index (χ0v) is 15.9. The summed E-state index contributed by atoms with van der Waals surface area (Å²) in [4.78, 5) is 14.1. The molecule has 136 valence electrons. The number of hydrogen-bond acceptors (Lipinski definition) is 4. The molecular formula is C19H37NO3. The van der Waals surface area contributed by atoms with Gasteiger partial charge in [-0.2, -0.15) is 0 Å². The van der Waals surface area contributed by atoms with Gasteiger partial charge in [-0.05, 0) is 24.7 Å². The lowest BCUT2D eigenvalue weighted by molar-refractivity contribution is -0.123. The Bertz CT molecular complexity index is 336. The van der Waals surface area contributed by atoms with E-state index in [1.54, 1.807) is 0 Å². The van der Waals surface area contributed by atoms with Crippen molar-refractivity contribution in [1.29, 1.82) is 0 Å². The van der Waals surface area contributed by atoms with Gasteiger partial charge in [0.1, 0.15) is 5.78 Å². The first-order valence-electron chi connectivity index (χ1n) is 9.22. The molecule has 0 saturated carbocycles. The Hall–Kier alpha value is -0.450. The number of Topliss-reactive ketones (excluding diaryl/α,β-unsaturated/α-hetero) is 1. The van der Waals surface area contributed by atoms with Gasteiger partial charge in [-0.15, -0.1) is 0 Å². The quantitative estimate of drug-likeness (QED) is 0.575. The molecule has 1 saturated heterocycles. The van der Waals surface area contributed by atoms with Gasteiger partial charge in [0, 0.05) is 38.6 Å². The van der Waals surface area contributed by atoms with Crippen LogP contribution in [0, 0.1) is 11.3 Å². The molecule has 0 aromatic heterocycles. The first-order chi connectivity index (χ1) is 10.8. The van der Waals surface area contributed by atoms with Crippen molar-refractivity contribution in [2.24, 2.45) is 11.3 Å². The van der Waals surface area contributed by atoms with E-state index >= 15 is 0 Å². The predicted molar refractivity (Wildman–Crippen MR) is 94.8 cm³/mol. The molecule has 1 aliphatic heterocycles. The van der Waals surface area contributed by atoms with Crippen LogP contribution >= 0.6 is 0 Å². The maximum atomic E-state index is 11.7. The summed E-state index contributed by atoms with van der Waals surface area (Å²) < 4.78 is 11.5. The van der Waals surface area contributed by atoms with Crippen molar-refractivity contribution < 1.29 is 14.3 Å². The summed E-state index contributed by atoms with van der Waals surface area (Å²) in [6.45, 7) is 16.0. The molecule has 0 bridgehead atoms. The van der Waals surface area contributed by atoms with E-state index in [1.165, 1.54) is 6.42 Å². The smallest absolute Gasteiger partial charge is 0.135 e. The van der Waals surface area contributed by atoms with Crippen LogP contribution in [0.4, 0.5) is 0 Å². The molecule has 0 spiro atoms. The molecule has 0 radical (unpaired) electrons. The fraction of sp³-hybridized carbons (Fsp3) is 0.947. The second-order valence-electron chi connectivity index (χ2n) is 8.23. The van der Waals surface area contributed by atoms with Crippen LogP contribution in [0.5, 0.6) is 0 Å². The first kappa shape index (κ1) is 20.6. The van der Waals surface area contributed by atoms with Crippen molar-refractivity contribution in [3.8, 4) is 0 Å². The second kappa shape index (κ2) is 10.4. The van der Waals surface area contributed by atoms with Gasteiger partial charge in [0.15, 0.2) is 0 Å². The minimum Gasteiger partial charge on any atom is -0.380 e. The minimum absolute atomic E-state index is 0.135. The molecule has 1 aliphatic rings. The summed E-state index contributed by atoms with van der Waals surface area (Å²) in [7, 11) is 0. The van der Waals surface area contributed by atoms with Crippen molar-refractivity contribution in [2.75, 3.05) is 39.5 Å². The molecule has 0 amide bonds. The number of carbonyl (C=O) groups excluding carboxylic acids is 1. The molecule has 1 fully saturated rings. The van der Waals surface area contributed by atoms with E-state index in [1.807, 2.05) is 13.8 Å². The third kappa shape index (κ3) is 10.1. The van der Waals surface area contributed by atoms with Crippen LogP contribution in [0.3, 0.4) is 0 Å². The van der Waals surface area contributed by atoms with E-state index in [2.05, 4.69) is 25.7 Å². The van der Waals surface area contributed by atoms with Gasteiger partial charge in [-0.1, -0.05) is 34.6 Å². The normalized spacial score (nSPS) is 20.2. The van der Waals surface area contributed by atoms with Crippen molar-refractivity contribution in [2.45, 2.75) is 66.4 Å². The molecule has 1 rings (SSSR count). The van der Waals surface area contributed by atoms with Crippen molar-refractivity contribution >= 4 is 5.78 Å². The van der Waals surface area contributed by atoms with Gasteiger partial charge in [0.05, 0.1) is 19.3 Å². The number of nitrogens with zero attached hydrogens (tertiary/aromatic N) is 1. The summed E-state index contributed by atoms with van der Waals surface area (Å²) in [6.07, 6.45) is 4.02. The van der Waals surface area contributed by atoms with Gasteiger partial charge in [0.2, 0.25) is 0 Å². The van der Waals surface area contributed by atoms with Crippen LogP contribution in [-0.4, -0.2) is 56.2 Å². The van der Waals surface area contributed by atoms with Crippen LogP contribution in [0.15, 0.2) is 0 Å². The second-order valence-corrected chi connectivity index (χ2v) is 8.23. The number of morpholine rings is 1. The Morgan fingerprint density at radius 1 is 1.30 bits per heavy atom. The molecule has 4 heteroatoms. The van der Waals surface area contributed by atoms with E-state index in [9.17, 15) is 4.79 Å². The molecule has 4 nitrogen and oxygen atoms in total. The fourth-order valence-electron chi connectivity index (χ4n) is 2.75. The summed E-state index contributed by atoms with van der Waals surface area (Å²) in [6, 6.07) is 0. The van der Waals surface area contributed by atoms with Crippen LogP contribution in [0.25, 0.3) is 0 Å². The highest BCUT2D eigenvalue weighted by Gasteiger charge is 2.21. The number of ether oxygens (including phenoxy) is 2. The highest BCUT2D eigenvalue weighted by Crippen LogP contribution is 2.20. The number of ketones is 1. The third-order valence-corrected chi connectivity index (χ3v) is 4.35. The van der Waals surface area contributed by atoms with E-state index in [0.29, 0.717) is 17.6 Å². The van der Waals surface area contributed by atoms with Gasteiger partial charge in [-0.25, -0.2) is 0 Å². The van der Waals surface area contributed by atoms with Crippen LogP contribution in [0.2, 0.25) is 0 Å². The van der Waals surface area contributed by atoms with E-state index < -0.39 is 0 Å². The lowest BCUT2D eigenvalue weighted by Gasteiger charge is -2.32. The van der Waals surface area contributed by atoms with Crippen molar-refractivity contribution in [3.05, 3.63) is 0 Å². The molecular weight excluding hydrogens is 290 g/mol. The molecule has 0 aliphatic carbocycles. The Morgan fingerprint density at radius 2 is 2.04 bits per heavy atom. The monoisotopic (exact) mass is 327 g/mol. The van der Waals surface area contributed by atoms with E-state index in [0.717, 1.165) is 52.3 Å². The van der Waals surface area contributed by atoms with Gasteiger partial charge >= 0.3 is 0 Å².